The van der Waals surface area contributed by atoms with Gasteiger partial charge < -0.3 is 14.7 Å². The van der Waals surface area contributed by atoms with Crippen molar-refractivity contribution in [2.75, 3.05) is 46.9 Å². The van der Waals surface area contributed by atoms with Crippen LogP contribution in [-0.4, -0.2) is 73.5 Å². The first kappa shape index (κ1) is 13.9. The number of hydrogen-bond donors (Lipinski definition) is 1. The van der Waals surface area contributed by atoms with Gasteiger partial charge in [-0.3, -0.25) is 4.90 Å². The highest BCUT2D eigenvalue weighted by Gasteiger charge is 2.32. The molecule has 1 heterocycles. The van der Waals surface area contributed by atoms with E-state index in [1.165, 1.54) is 6.42 Å². The molecule has 0 saturated carbocycles. The zero-order chi connectivity index (χ0) is 12.2. The fraction of sp³-hybridized carbons (Fsp3) is 1.00. The van der Waals surface area contributed by atoms with E-state index >= 15 is 0 Å². The van der Waals surface area contributed by atoms with E-state index in [4.69, 9.17) is 4.74 Å². The van der Waals surface area contributed by atoms with Crippen LogP contribution in [0.1, 0.15) is 20.3 Å². The van der Waals surface area contributed by atoms with Crippen molar-refractivity contribution in [1.82, 2.24) is 9.80 Å². The summed E-state index contributed by atoms with van der Waals surface area (Å²) in [6, 6.07) is 0. The van der Waals surface area contributed by atoms with Gasteiger partial charge in [0.15, 0.2) is 0 Å². The lowest BCUT2D eigenvalue weighted by molar-refractivity contribution is -0.148. The molecule has 4 heteroatoms. The molecule has 1 aliphatic rings. The lowest BCUT2D eigenvalue weighted by Crippen LogP contribution is -2.54. The van der Waals surface area contributed by atoms with Gasteiger partial charge in [0, 0.05) is 13.1 Å². The molecule has 0 aliphatic carbocycles. The molecule has 0 aromatic carbocycles. The smallest absolute Gasteiger partial charge is 0.0940 e. The molecule has 1 rings (SSSR count). The van der Waals surface area contributed by atoms with Gasteiger partial charge in [-0.25, -0.2) is 0 Å². The van der Waals surface area contributed by atoms with Crippen LogP contribution in [0.25, 0.3) is 0 Å². The first-order valence-corrected chi connectivity index (χ1v) is 6.09. The molecular weight excluding hydrogens is 204 g/mol. The van der Waals surface area contributed by atoms with Crippen LogP contribution in [0.4, 0.5) is 0 Å². The zero-order valence-electron chi connectivity index (χ0n) is 11.1. The van der Waals surface area contributed by atoms with Crippen LogP contribution in [0.2, 0.25) is 0 Å². The molecule has 16 heavy (non-hydrogen) atoms. The first-order chi connectivity index (χ1) is 7.43. The second kappa shape index (κ2) is 5.96. The van der Waals surface area contributed by atoms with Gasteiger partial charge in [0.05, 0.1) is 18.3 Å². The molecule has 0 bridgehead atoms. The van der Waals surface area contributed by atoms with Gasteiger partial charge in [-0.15, -0.1) is 0 Å². The molecule has 0 aromatic heterocycles. The van der Waals surface area contributed by atoms with Crippen molar-refractivity contribution in [2.24, 2.45) is 0 Å². The first-order valence-electron chi connectivity index (χ1n) is 6.09. The summed E-state index contributed by atoms with van der Waals surface area (Å²) in [6.07, 6.45) is 1.14. The average Bonchev–Trinajstić information content (AvgIpc) is 2.14. The van der Waals surface area contributed by atoms with Crippen molar-refractivity contribution in [3.63, 3.8) is 0 Å². The number of ether oxygens (including phenoxy) is 1. The summed E-state index contributed by atoms with van der Waals surface area (Å²) in [4.78, 5) is 4.60. The lowest BCUT2D eigenvalue weighted by atomic mass is 10.1. The molecule has 0 amide bonds. The minimum atomic E-state index is -0.135. The van der Waals surface area contributed by atoms with Gasteiger partial charge in [0.2, 0.25) is 0 Å². The summed E-state index contributed by atoms with van der Waals surface area (Å²) in [5.41, 5.74) is -0.135. The monoisotopic (exact) mass is 230 g/mol. The minimum absolute atomic E-state index is 0.0249. The SMILES string of the molecule is CN(C)CCCN1CC(CO)OC(C)(C)C1. The normalized spacial score (nSPS) is 26.2. The van der Waals surface area contributed by atoms with Gasteiger partial charge in [0.1, 0.15) is 0 Å². The van der Waals surface area contributed by atoms with Crippen LogP contribution in [0.5, 0.6) is 0 Å². The van der Waals surface area contributed by atoms with Crippen LogP contribution >= 0.6 is 0 Å². The molecule has 0 spiro atoms. The predicted octanol–water partition coefficient (Wildman–Crippen LogP) is 0.410. The van der Waals surface area contributed by atoms with Crippen molar-refractivity contribution in [3.05, 3.63) is 0 Å². The Morgan fingerprint density at radius 3 is 2.69 bits per heavy atom. The third kappa shape index (κ3) is 4.78. The van der Waals surface area contributed by atoms with Gasteiger partial charge in [-0.2, -0.15) is 0 Å². The fourth-order valence-corrected chi connectivity index (χ4v) is 2.29. The molecule has 1 N–H and O–H groups in total. The lowest BCUT2D eigenvalue weighted by Gasteiger charge is -2.42. The van der Waals surface area contributed by atoms with E-state index in [0.717, 1.165) is 26.2 Å². The topological polar surface area (TPSA) is 35.9 Å². The molecule has 1 atom stereocenters. The largest absolute Gasteiger partial charge is 0.394 e. The summed E-state index contributed by atoms with van der Waals surface area (Å²) in [7, 11) is 4.19. The Labute approximate surface area is 99.2 Å². The van der Waals surface area contributed by atoms with E-state index < -0.39 is 0 Å². The second-order valence-corrected chi connectivity index (χ2v) is 5.57. The van der Waals surface area contributed by atoms with Crippen molar-refractivity contribution in [1.29, 1.82) is 0 Å². The second-order valence-electron chi connectivity index (χ2n) is 5.57. The van der Waals surface area contributed by atoms with E-state index in [9.17, 15) is 5.11 Å². The van der Waals surface area contributed by atoms with Crippen LogP contribution in [0.3, 0.4) is 0 Å². The van der Waals surface area contributed by atoms with Crippen LogP contribution < -0.4 is 0 Å². The number of aliphatic hydroxyl groups excluding tert-OH is 1. The molecule has 4 nitrogen and oxygen atoms in total. The number of rotatable bonds is 5. The highest BCUT2D eigenvalue weighted by atomic mass is 16.5. The Morgan fingerprint density at radius 1 is 1.44 bits per heavy atom. The van der Waals surface area contributed by atoms with Crippen LogP contribution in [0, 0.1) is 0 Å². The third-order valence-corrected chi connectivity index (χ3v) is 2.84. The Morgan fingerprint density at radius 2 is 2.12 bits per heavy atom. The quantitative estimate of drug-likeness (QED) is 0.742. The molecule has 1 fully saturated rings. The molecular formula is C12H26N2O2. The van der Waals surface area contributed by atoms with Gasteiger partial charge in [-0.05, 0) is 47.5 Å². The summed E-state index contributed by atoms with van der Waals surface area (Å²) < 4.78 is 5.78. The van der Waals surface area contributed by atoms with Crippen molar-refractivity contribution < 1.29 is 9.84 Å². The standard InChI is InChI=1S/C12H26N2O2/c1-12(2)10-14(7-5-6-13(3)4)8-11(9-15)16-12/h11,15H,5-10H2,1-4H3. The van der Waals surface area contributed by atoms with E-state index in [2.05, 4.69) is 37.7 Å². The van der Waals surface area contributed by atoms with Crippen LogP contribution in [0.15, 0.2) is 0 Å². The molecule has 0 radical (unpaired) electrons. The van der Waals surface area contributed by atoms with Crippen molar-refractivity contribution >= 4 is 0 Å². The highest BCUT2D eigenvalue weighted by Crippen LogP contribution is 2.20. The fourth-order valence-electron chi connectivity index (χ4n) is 2.29. The summed E-state index contributed by atoms with van der Waals surface area (Å²) in [6.45, 7) is 8.31. The minimum Gasteiger partial charge on any atom is -0.394 e. The van der Waals surface area contributed by atoms with Crippen molar-refractivity contribution in [3.8, 4) is 0 Å². The van der Waals surface area contributed by atoms with E-state index in [1.54, 1.807) is 0 Å². The average molecular weight is 230 g/mol. The van der Waals surface area contributed by atoms with E-state index in [-0.39, 0.29) is 18.3 Å². The number of hydrogen-bond acceptors (Lipinski definition) is 4. The summed E-state index contributed by atoms with van der Waals surface area (Å²) >= 11 is 0. The molecule has 1 aliphatic heterocycles. The molecule has 1 saturated heterocycles. The Bertz CT molecular complexity index is 207. The maximum absolute atomic E-state index is 9.19. The molecule has 1 unspecified atom stereocenters. The third-order valence-electron chi connectivity index (χ3n) is 2.84. The summed E-state index contributed by atoms with van der Waals surface area (Å²) in [5, 5.41) is 9.19. The van der Waals surface area contributed by atoms with Gasteiger partial charge >= 0.3 is 0 Å². The summed E-state index contributed by atoms with van der Waals surface area (Å²) in [5.74, 6) is 0. The van der Waals surface area contributed by atoms with Gasteiger partial charge in [0.25, 0.3) is 0 Å². The van der Waals surface area contributed by atoms with Gasteiger partial charge in [-0.1, -0.05) is 0 Å². The number of morpholine rings is 1. The maximum atomic E-state index is 9.19. The highest BCUT2D eigenvalue weighted by molar-refractivity contribution is 4.83. The predicted molar refractivity (Wildman–Crippen MR) is 65.6 cm³/mol. The Balaban J connectivity index is 2.35. The Kier molecular flexibility index (Phi) is 5.18. The number of aliphatic hydroxyl groups is 1. The number of nitrogens with zero attached hydrogens (tertiary/aromatic N) is 2. The molecule has 96 valence electrons. The maximum Gasteiger partial charge on any atom is 0.0940 e. The zero-order valence-corrected chi connectivity index (χ0v) is 11.1. The van der Waals surface area contributed by atoms with E-state index in [1.807, 2.05) is 0 Å². The Hall–Kier alpha value is -0.160. The molecule has 0 aromatic rings. The van der Waals surface area contributed by atoms with E-state index in [0.29, 0.717) is 0 Å². The van der Waals surface area contributed by atoms with Crippen molar-refractivity contribution in [2.45, 2.75) is 32.0 Å². The van der Waals surface area contributed by atoms with Crippen LogP contribution in [-0.2, 0) is 4.74 Å².